The fraction of sp³-hybridized carbons (Fsp3) is 0.250. The molecule has 0 unspecified atom stereocenters. The van der Waals surface area contributed by atoms with Crippen molar-refractivity contribution < 1.29 is 18.5 Å². The van der Waals surface area contributed by atoms with E-state index in [0.29, 0.717) is 34.2 Å². The quantitative estimate of drug-likeness (QED) is 0.641. The number of carbonyl (C=O) groups excluding carboxylic acids is 1. The number of rotatable bonds is 7. The van der Waals surface area contributed by atoms with E-state index in [4.69, 9.17) is 13.7 Å². The minimum atomic E-state index is -0.162. The molecular weight excluding hydrogens is 344 g/mol. The molecular formula is C16H16N4O4S. The van der Waals surface area contributed by atoms with Gasteiger partial charge in [-0.25, -0.2) is 0 Å². The first kappa shape index (κ1) is 17.0. The maximum absolute atomic E-state index is 11.8. The molecule has 0 saturated heterocycles. The van der Waals surface area contributed by atoms with Gasteiger partial charge in [-0.3, -0.25) is 4.79 Å². The molecule has 0 bridgehead atoms. The number of carbonyl (C=O) groups is 1. The number of methoxy groups -OCH3 is 1. The molecule has 1 aromatic carbocycles. The molecule has 0 aliphatic rings. The fourth-order valence-electron chi connectivity index (χ4n) is 2.06. The lowest BCUT2D eigenvalue weighted by Gasteiger charge is -2.03. The van der Waals surface area contributed by atoms with Gasteiger partial charge in [0.2, 0.25) is 5.91 Å². The molecule has 0 spiro atoms. The van der Waals surface area contributed by atoms with E-state index in [0.717, 1.165) is 5.56 Å². The average molecular weight is 360 g/mol. The Kier molecular flexibility index (Phi) is 5.34. The van der Waals surface area contributed by atoms with Gasteiger partial charge in [0.15, 0.2) is 5.82 Å². The maximum Gasteiger partial charge on any atom is 0.276 e. The first-order valence-corrected chi connectivity index (χ1v) is 8.47. The lowest BCUT2D eigenvalue weighted by molar-refractivity contribution is -0.115. The summed E-state index contributed by atoms with van der Waals surface area (Å²) < 4.78 is 15.8. The van der Waals surface area contributed by atoms with Crippen LogP contribution in [0.25, 0.3) is 11.5 Å². The molecule has 130 valence electrons. The molecule has 8 nitrogen and oxygen atoms in total. The Balaban J connectivity index is 1.52. The Hall–Kier alpha value is -2.81. The zero-order chi connectivity index (χ0) is 17.6. The third-order valence-electron chi connectivity index (χ3n) is 3.19. The van der Waals surface area contributed by atoms with Crippen molar-refractivity contribution in [1.82, 2.24) is 15.4 Å². The number of para-hydroxylation sites is 1. The first-order chi connectivity index (χ1) is 12.2. The number of nitrogens with one attached hydrogen (secondary N) is 1. The van der Waals surface area contributed by atoms with Crippen molar-refractivity contribution in [2.24, 2.45) is 0 Å². The van der Waals surface area contributed by atoms with Crippen LogP contribution in [0, 0.1) is 6.92 Å². The molecule has 0 aliphatic heterocycles. The SMILES string of the molecule is COc1ccccc1-c1nnc(SCCC(=O)Nc2cc(C)on2)o1. The summed E-state index contributed by atoms with van der Waals surface area (Å²) in [5.74, 6) is 2.41. The summed E-state index contributed by atoms with van der Waals surface area (Å²) in [6, 6.07) is 9.05. The van der Waals surface area contributed by atoms with Gasteiger partial charge < -0.3 is 19.0 Å². The topological polar surface area (TPSA) is 103 Å². The van der Waals surface area contributed by atoms with Gasteiger partial charge in [0, 0.05) is 18.2 Å². The van der Waals surface area contributed by atoms with Crippen LogP contribution in [0.4, 0.5) is 5.82 Å². The number of aromatic nitrogens is 3. The van der Waals surface area contributed by atoms with Crippen molar-refractivity contribution in [3.63, 3.8) is 0 Å². The molecule has 0 radical (unpaired) electrons. The Morgan fingerprint density at radius 2 is 2.16 bits per heavy atom. The number of thioether (sulfide) groups is 1. The van der Waals surface area contributed by atoms with Crippen molar-refractivity contribution in [1.29, 1.82) is 0 Å². The zero-order valence-electron chi connectivity index (χ0n) is 13.7. The molecule has 0 atom stereocenters. The van der Waals surface area contributed by atoms with Gasteiger partial charge in [-0.15, -0.1) is 10.2 Å². The number of benzene rings is 1. The number of nitrogens with zero attached hydrogens (tertiary/aromatic N) is 3. The Morgan fingerprint density at radius 1 is 1.32 bits per heavy atom. The maximum atomic E-state index is 11.8. The highest BCUT2D eigenvalue weighted by molar-refractivity contribution is 7.99. The van der Waals surface area contributed by atoms with E-state index >= 15 is 0 Å². The molecule has 9 heteroatoms. The van der Waals surface area contributed by atoms with Gasteiger partial charge >= 0.3 is 0 Å². The van der Waals surface area contributed by atoms with E-state index in [1.54, 1.807) is 20.1 Å². The molecule has 2 heterocycles. The van der Waals surface area contributed by atoms with Crippen molar-refractivity contribution in [2.75, 3.05) is 18.2 Å². The number of amides is 1. The molecule has 0 saturated carbocycles. The van der Waals surface area contributed by atoms with Gasteiger partial charge in [-0.2, -0.15) is 0 Å². The van der Waals surface area contributed by atoms with Crippen LogP contribution in [0.2, 0.25) is 0 Å². The minimum absolute atomic E-state index is 0.162. The van der Waals surface area contributed by atoms with E-state index in [-0.39, 0.29) is 12.3 Å². The van der Waals surface area contributed by atoms with E-state index in [1.807, 2.05) is 24.3 Å². The Morgan fingerprint density at radius 3 is 2.92 bits per heavy atom. The highest BCUT2D eigenvalue weighted by Gasteiger charge is 2.14. The fourth-order valence-corrected chi connectivity index (χ4v) is 2.76. The smallest absolute Gasteiger partial charge is 0.276 e. The predicted molar refractivity (Wildman–Crippen MR) is 91.5 cm³/mol. The summed E-state index contributed by atoms with van der Waals surface area (Å²) >= 11 is 1.31. The second kappa shape index (κ2) is 7.84. The van der Waals surface area contributed by atoms with Crippen LogP contribution >= 0.6 is 11.8 Å². The predicted octanol–water partition coefficient (Wildman–Crippen LogP) is 3.16. The Labute approximate surface area is 147 Å². The lowest BCUT2D eigenvalue weighted by atomic mass is 10.2. The van der Waals surface area contributed by atoms with Crippen molar-refractivity contribution in [2.45, 2.75) is 18.6 Å². The van der Waals surface area contributed by atoms with E-state index in [1.165, 1.54) is 11.8 Å². The Bertz CT molecular complexity index is 861. The van der Waals surface area contributed by atoms with Crippen LogP contribution in [-0.2, 0) is 4.79 Å². The van der Waals surface area contributed by atoms with Gasteiger partial charge in [0.25, 0.3) is 11.1 Å². The monoisotopic (exact) mass is 360 g/mol. The van der Waals surface area contributed by atoms with Crippen molar-refractivity contribution in [3.05, 3.63) is 36.1 Å². The second-order valence-corrected chi connectivity index (χ2v) is 6.09. The zero-order valence-corrected chi connectivity index (χ0v) is 14.5. The molecule has 2 aromatic heterocycles. The van der Waals surface area contributed by atoms with Gasteiger partial charge in [0.05, 0.1) is 12.7 Å². The minimum Gasteiger partial charge on any atom is -0.496 e. The number of ether oxygens (including phenoxy) is 1. The normalized spacial score (nSPS) is 10.6. The van der Waals surface area contributed by atoms with Crippen molar-refractivity contribution >= 4 is 23.5 Å². The summed E-state index contributed by atoms with van der Waals surface area (Å²) in [5, 5.41) is 14.8. The van der Waals surface area contributed by atoms with Gasteiger partial charge in [-0.05, 0) is 19.1 Å². The summed E-state index contributed by atoms with van der Waals surface area (Å²) in [7, 11) is 1.58. The number of hydrogen-bond acceptors (Lipinski definition) is 8. The lowest BCUT2D eigenvalue weighted by Crippen LogP contribution is -2.12. The summed E-state index contributed by atoms with van der Waals surface area (Å²) in [6.07, 6.45) is 0.281. The summed E-state index contributed by atoms with van der Waals surface area (Å²) in [6.45, 7) is 1.76. The highest BCUT2D eigenvalue weighted by atomic mass is 32.2. The van der Waals surface area contributed by atoms with Crippen molar-refractivity contribution in [3.8, 4) is 17.2 Å². The van der Waals surface area contributed by atoms with Crippen LogP contribution in [-0.4, -0.2) is 34.1 Å². The van der Waals surface area contributed by atoms with E-state index in [9.17, 15) is 4.79 Å². The van der Waals surface area contributed by atoms with Crippen LogP contribution in [0.3, 0.4) is 0 Å². The average Bonchev–Trinajstić information content (AvgIpc) is 3.24. The number of aryl methyl sites for hydroxylation is 1. The molecule has 0 fully saturated rings. The standard InChI is InChI=1S/C16H16N4O4S/c1-10-9-13(20-24-10)17-14(21)7-8-25-16-19-18-15(23-16)11-5-3-4-6-12(11)22-2/h3-6,9H,7-8H2,1-2H3,(H,17,20,21). The molecule has 1 amide bonds. The summed E-state index contributed by atoms with van der Waals surface area (Å²) in [5.41, 5.74) is 0.725. The van der Waals surface area contributed by atoms with E-state index in [2.05, 4.69) is 20.7 Å². The molecule has 1 N–H and O–H groups in total. The van der Waals surface area contributed by atoms with Crippen LogP contribution in [0.5, 0.6) is 5.75 Å². The number of hydrogen-bond donors (Lipinski definition) is 1. The third kappa shape index (κ3) is 4.38. The van der Waals surface area contributed by atoms with Crippen LogP contribution < -0.4 is 10.1 Å². The first-order valence-electron chi connectivity index (χ1n) is 7.48. The largest absolute Gasteiger partial charge is 0.496 e. The van der Waals surface area contributed by atoms with Crippen LogP contribution in [0.1, 0.15) is 12.2 Å². The second-order valence-electron chi connectivity index (χ2n) is 5.04. The van der Waals surface area contributed by atoms with Gasteiger partial charge in [0.1, 0.15) is 11.5 Å². The van der Waals surface area contributed by atoms with Gasteiger partial charge in [-0.1, -0.05) is 29.1 Å². The van der Waals surface area contributed by atoms with Crippen LogP contribution in [0.15, 0.2) is 44.5 Å². The highest BCUT2D eigenvalue weighted by Crippen LogP contribution is 2.30. The summed E-state index contributed by atoms with van der Waals surface area (Å²) in [4.78, 5) is 11.8. The molecule has 3 aromatic rings. The molecule has 25 heavy (non-hydrogen) atoms. The third-order valence-corrected chi connectivity index (χ3v) is 4.01. The number of anilines is 1. The van der Waals surface area contributed by atoms with E-state index < -0.39 is 0 Å². The molecule has 3 rings (SSSR count). The molecule has 0 aliphatic carbocycles.